The van der Waals surface area contributed by atoms with Gasteiger partial charge in [0.25, 0.3) is 0 Å². The molecule has 1 aliphatic heterocycles. The van der Waals surface area contributed by atoms with Crippen LogP contribution in [0.1, 0.15) is 5.82 Å². The highest BCUT2D eigenvalue weighted by molar-refractivity contribution is 5.35. The molecule has 0 bridgehead atoms. The average molecular weight is 427 g/mol. The van der Waals surface area contributed by atoms with Gasteiger partial charge in [-0.2, -0.15) is 0 Å². The summed E-state index contributed by atoms with van der Waals surface area (Å²) in [4.78, 5) is 15.0. The van der Waals surface area contributed by atoms with Crippen LogP contribution in [0.25, 0.3) is 5.69 Å². The van der Waals surface area contributed by atoms with E-state index in [0.717, 1.165) is 16.9 Å². The molecular formula is C15H12F3N7O5. The van der Waals surface area contributed by atoms with Crippen molar-refractivity contribution < 1.29 is 32.3 Å². The summed E-state index contributed by atoms with van der Waals surface area (Å²) in [6, 6.07) is 5.09. The molecule has 158 valence electrons. The molecule has 0 aliphatic carbocycles. The van der Waals surface area contributed by atoms with Gasteiger partial charge in [0.2, 0.25) is 5.82 Å². The van der Waals surface area contributed by atoms with Crippen LogP contribution < -0.4 is 9.47 Å². The van der Waals surface area contributed by atoms with Crippen LogP contribution in [-0.2, 0) is 17.9 Å². The standard InChI is InChI=1S/C15H12F3N7O5/c16-15(17,18)30-10-3-1-9(2-4-10)24-21-12(20-22-24)8-28-11-5-23-6-13(25(26)27)19-14(23)29-7-11/h1-4,6,11H,5,7-8H2/t11-/m0/s1. The molecule has 0 radical (unpaired) electrons. The van der Waals surface area contributed by atoms with Crippen molar-refractivity contribution in [3.63, 3.8) is 0 Å². The van der Waals surface area contributed by atoms with E-state index in [0.29, 0.717) is 12.2 Å². The van der Waals surface area contributed by atoms with Crippen LogP contribution in [0.3, 0.4) is 0 Å². The molecule has 0 saturated carbocycles. The molecule has 12 nitrogen and oxygen atoms in total. The summed E-state index contributed by atoms with van der Waals surface area (Å²) in [5, 5.41) is 22.5. The van der Waals surface area contributed by atoms with E-state index < -0.39 is 17.4 Å². The van der Waals surface area contributed by atoms with Crippen molar-refractivity contribution in [3.05, 3.63) is 46.4 Å². The molecule has 0 fully saturated rings. The second kappa shape index (κ2) is 7.58. The number of aromatic nitrogens is 6. The summed E-state index contributed by atoms with van der Waals surface area (Å²) in [5.74, 6) is -0.457. The monoisotopic (exact) mass is 427 g/mol. The molecule has 0 spiro atoms. The maximum atomic E-state index is 12.2. The molecule has 0 saturated heterocycles. The largest absolute Gasteiger partial charge is 0.573 e. The number of fused-ring (bicyclic) bond motifs is 1. The van der Waals surface area contributed by atoms with E-state index in [2.05, 4.69) is 25.1 Å². The lowest BCUT2D eigenvalue weighted by atomic mass is 10.3. The fourth-order valence-corrected chi connectivity index (χ4v) is 2.64. The van der Waals surface area contributed by atoms with E-state index in [4.69, 9.17) is 9.47 Å². The highest BCUT2D eigenvalue weighted by Crippen LogP contribution is 2.24. The second-order valence-corrected chi connectivity index (χ2v) is 6.07. The van der Waals surface area contributed by atoms with Crippen LogP contribution in [0.5, 0.6) is 11.8 Å². The Balaban J connectivity index is 1.34. The molecule has 1 atom stereocenters. The number of nitrogens with zero attached hydrogens (tertiary/aromatic N) is 7. The van der Waals surface area contributed by atoms with Crippen LogP contribution in [0.2, 0.25) is 0 Å². The van der Waals surface area contributed by atoms with E-state index >= 15 is 0 Å². The van der Waals surface area contributed by atoms with Crippen molar-refractivity contribution in [3.8, 4) is 17.4 Å². The molecule has 0 amide bonds. The first kappa shape index (κ1) is 19.6. The van der Waals surface area contributed by atoms with Crippen molar-refractivity contribution in [2.45, 2.75) is 25.6 Å². The van der Waals surface area contributed by atoms with Crippen molar-refractivity contribution in [1.82, 2.24) is 29.8 Å². The van der Waals surface area contributed by atoms with Gasteiger partial charge in [-0.15, -0.1) is 28.2 Å². The van der Waals surface area contributed by atoms with Crippen LogP contribution in [0, 0.1) is 10.1 Å². The molecule has 0 unspecified atom stereocenters. The maximum Gasteiger partial charge on any atom is 0.573 e. The van der Waals surface area contributed by atoms with E-state index in [1.54, 1.807) is 0 Å². The lowest BCUT2D eigenvalue weighted by Gasteiger charge is -2.21. The van der Waals surface area contributed by atoms with Crippen LogP contribution in [0.15, 0.2) is 30.5 Å². The minimum absolute atomic E-state index is 0.0184. The quantitative estimate of drug-likeness (QED) is 0.425. The SMILES string of the molecule is O=[N+]([O-])c1cn2c(n1)OC[C@@H](OCc1nnn(-c3ccc(OC(F)(F)F)cc3)n1)C2. The first-order valence-corrected chi connectivity index (χ1v) is 8.38. The minimum atomic E-state index is -4.78. The fourth-order valence-electron chi connectivity index (χ4n) is 2.64. The topological polar surface area (TPSA) is 132 Å². The molecular weight excluding hydrogens is 415 g/mol. The molecule has 15 heteroatoms. The Hall–Kier alpha value is -3.75. The Morgan fingerprint density at radius 3 is 2.77 bits per heavy atom. The lowest BCUT2D eigenvalue weighted by molar-refractivity contribution is -0.389. The number of tetrazole rings is 1. The summed E-state index contributed by atoms with van der Waals surface area (Å²) >= 11 is 0. The number of rotatable bonds is 6. The first-order chi connectivity index (χ1) is 14.3. The number of hydrogen-bond donors (Lipinski definition) is 0. The highest BCUT2D eigenvalue weighted by Gasteiger charge is 2.31. The van der Waals surface area contributed by atoms with Crippen molar-refractivity contribution >= 4 is 5.82 Å². The van der Waals surface area contributed by atoms with Gasteiger partial charge in [-0.3, -0.25) is 4.57 Å². The third kappa shape index (κ3) is 4.45. The summed E-state index contributed by atoms with van der Waals surface area (Å²) in [6.07, 6.45) is -3.94. The van der Waals surface area contributed by atoms with Gasteiger partial charge in [-0.1, -0.05) is 0 Å². The van der Waals surface area contributed by atoms with Gasteiger partial charge in [0.05, 0.1) is 12.2 Å². The summed E-state index contributed by atoms with van der Waals surface area (Å²) in [5.41, 5.74) is 0.375. The predicted molar refractivity (Wildman–Crippen MR) is 88.8 cm³/mol. The first-order valence-electron chi connectivity index (χ1n) is 8.38. The van der Waals surface area contributed by atoms with Gasteiger partial charge in [-0.25, -0.2) is 0 Å². The number of hydrogen-bond acceptors (Lipinski definition) is 9. The average Bonchev–Trinajstić information content (AvgIpc) is 3.32. The molecule has 1 aromatic carbocycles. The zero-order valence-corrected chi connectivity index (χ0v) is 14.9. The smallest absolute Gasteiger partial charge is 0.443 e. The van der Waals surface area contributed by atoms with Gasteiger partial charge < -0.3 is 24.3 Å². The highest BCUT2D eigenvalue weighted by atomic mass is 19.4. The van der Waals surface area contributed by atoms with Gasteiger partial charge in [-0.05, 0) is 34.4 Å². The predicted octanol–water partition coefficient (Wildman–Crippen LogP) is 1.64. The zero-order valence-electron chi connectivity index (χ0n) is 14.9. The van der Waals surface area contributed by atoms with Crippen molar-refractivity contribution in [1.29, 1.82) is 0 Å². The summed E-state index contributed by atoms with van der Waals surface area (Å²) in [6.45, 7) is 0.420. The number of ether oxygens (including phenoxy) is 3. The summed E-state index contributed by atoms with van der Waals surface area (Å²) in [7, 11) is 0. The van der Waals surface area contributed by atoms with Crippen LogP contribution in [0.4, 0.5) is 19.0 Å². The Bertz CT molecular complexity index is 1050. The number of imidazole rings is 1. The third-order valence-corrected chi connectivity index (χ3v) is 3.92. The number of alkyl halides is 3. The molecule has 30 heavy (non-hydrogen) atoms. The van der Waals surface area contributed by atoms with E-state index in [1.807, 2.05) is 0 Å². The minimum Gasteiger partial charge on any atom is -0.443 e. The van der Waals surface area contributed by atoms with Gasteiger partial charge >= 0.3 is 18.2 Å². The molecule has 1 aliphatic rings. The normalized spacial score (nSPS) is 16.0. The Morgan fingerprint density at radius 2 is 2.07 bits per heavy atom. The lowest BCUT2D eigenvalue weighted by Crippen LogP contribution is -2.32. The van der Waals surface area contributed by atoms with Gasteiger partial charge in [0.15, 0.2) is 0 Å². The third-order valence-electron chi connectivity index (χ3n) is 3.92. The molecule has 3 heterocycles. The van der Waals surface area contributed by atoms with Crippen molar-refractivity contribution in [2.75, 3.05) is 6.61 Å². The Morgan fingerprint density at radius 1 is 1.30 bits per heavy atom. The van der Waals surface area contributed by atoms with E-state index in [9.17, 15) is 23.3 Å². The van der Waals surface area contributed by atoms with E-state index in [1.165, 1.54) is 22.9 Å². The molecule has 3 aromatic rings. The molecule has 2 aromatic heterocycles. The number of nitro groups is 1. The molecule has 4 rings (SSSR count). The second-order valence-electron chi connectivity index (χ2n) is 6.07. The maximum absolute atomic E-state index is 12.2. The Kier molecular flexibility index (Phi) is 4.94. The fraction of sp³-hybridized carbons (Fsp3) is 0.333. The van der Waals surface area contributed by atoms with Crippen molar-refractivity contribution in [2.24, 2.45) is 0 Å². The van der Waals surface area contributed by atoms with Crippen LogP contribution >= 0.6 is 0 Å². The van der Waals surface area contributed by atoms with Crippen LogP contribution in [-0.4, -0.2) is 53.8 Å². The molecule has 0 N–H and O–H groups in total. The van der Waals surface area contributed by atoms with E-state index in [-0.39, 0.29) is 36.6 Å². The van der Waals surface area contributed by atoms with Gasteiger partial charge in [0, 0.05) is 4.98 Å². The Labute approximate surface area is 164 Å². The zero-order chi connectivity index (χ0) is 21.3. The number of benzene rings is 1. The number of halogens is 3. The summed E-state index contributed by atoms with van der Waals surface area (Å²) < 4.78 is 52.9. The van der Waals surface area contributed by atoms with Gasteiger partial charge in [0.1, 0.15) is 31.3 Å².